The average Bonchev–Trinajstić information content (AvgIpc) is 3.49. The number of hydrogen-bond acceptors (Lipinski definition) is 7. The molecule has 0 radical (unpaired) electrons. The molecular weight excluding hydrogens is 590 g/mol. The van der Waals surface area contributed by atoms with E-state index in [-0.39, 0.29) is 23.9 Å². The Morgan fingerprint density at radius 2 is 1.95 bits per heavy atom. The van der Waals surface area contributed by atoms with Crippen molar-refractivity contribution in [2.75, 3.05) is 20.3 Å². The Kier molecular flexibility index (Phi) is 8.15. The number of aliphatic hydroxyl groups is 1. The number of nitrogens with zero attached hydrogens (tertiary/aromatic N) is 5. The largest absolute Gasteiger partial charge is 0.494 e. The second-order valence-electron chi connectivity index (χ2n) is 12.2. The zero-order valence-corrected chi connectivity index (χ0v) is 27.1. The van der Waals surface area contributed by atoms with Gasteiger partial charge in [0.2, 0.25) is 0 Å². The first-order chi connectivity index (χ1) is 18.9. The van der Waals surface area contributed by atoms with Crippen LogP contribution in [0, 0.1) is 0 Å². The monoisotopic (exact) mass is 629 g/mol. The average molecular weight is 631 g/mol. The van der Waals surface area contributed by atoms with E-state index in [0.717, 1.165) is 63.5 Å². The molecule has 1 aliphatic heterocycles. The molecule has 40 heavy (non-hydrogen) atoms. The normalized spacial score (nSPS) is 17.6. The van der Waals surface area contributed by atoms with Crippen LogP contribution in [-0.2, 0) is 15.8 Å². The van der Waals surface area contributed by atoms with Crippen LogP contribution in [0.5, 0.6) is 5.75 Å². The number of pyridine rings is 1. The number of halogens is 1. The van der Waals surface area contributed by atoms with Crippen LogP contribution in [-0.4, -0.2) is 58.3 Å². The van der Waals surface area contributed by atoms with Crippen molar-refractivity contribution in [3.63, 3.8) is 0 Å². The summed E-state index contributed by atoms with van der Waals surface area (Å²) in [5.74, 6) is 0.670. The van der Waals surface area contributed by atoms with E-state index in [9.17, 15) is 5.11 Å². The molecule has 4 aromatic rings. The minimum Gasteiger partial charge on any atom is -0.494 e. The lowest BCUT2D eigenvalue weighted by Gasteiger charge is -2.37. The van der Waals surface area contributed by atoms with Gasteiger partial charge in [0.1, 0.15) is 21.6 Å². The van der Waals surface area contributed by atoms with Gasteiger partial charge in [-0.1, -0.05) is 20.8 Å². The van der Waals surface area contributed by atoms with Crippen LogP contribution >= 0.6 is 15.9 Å². The van der Waals surface area contributed by atoms with Gasteiger partial charge in [-0.3, -0.25) is 4.68 Å². The lowest BCUT2D eigenvalue weighted by Crippen LogP contribution is -2.42. The molecular formula is C29H40BrN5O4Si. The van der Waals surface area contributed by atoms with Gasteiger partial charge in [-0.2, -0.15) is 10.2 Å². The number of ether oxygens (including phenoxy) is 2. The van der Waals surface area contributed by atoms with Gasteiger partial charge in [-0.15, -0.1) is 0 Å². The highest BCUT2D eigenvalue weighted by molar-refractivity contribution is 9.10. The van der Waals surface area contributed by atoms with Crippen molar-refractivity contribution >= 4 is 46.1 Å². The zero-order chi connectivity index (χ0) is 28.8. The molecule has 1 N–H and O–H groups in total. The maximum absolute atomic E-state index is 10.3. The fourth-order valence-corrected chi connectivity index (χ4v) is 6.42. The van der Waals surface area contributed by atoms with Gasteiger partial charge in [0, 0.05) is 22.9 Å². The molecule has 4 heterocycles. The molecule has 9 nitrogen and oxygen atoms in total. The van der Waals surface area contributed by atoms with Gasteiger partial charge >= 0.3 is 0 Å². The van der Waals surface area contributed by atoms with Gasteiger partial charge in [-0.25, -0.2) is 9.67 Å². The van der Waals surface area contributed by atoms with Crippen LogP contribution in [0.1, 0.15) is 64.9 Å². The Bertz CT molecular complexity index is 1520. The van der Waals surface area contributed by atoms with Crippen molar-refractivity contribution in [1.29, 1.82) is 0 Å². The maximum atomic E-state index is 10.3. The molecule has 0 amide bonds. The second-order valence-corrected chi connectivity index (χ2v) is 17.8. The fourth-order valence-electron chi connectivity index (χ4n) is 5.00. The van der Waals surface area contributed by atoms with Crippen molar-refractivity contribution in [1.82, 2.24) is 24.5 Å². The van der Waals surface area contributed by atoms with E-state index in [1.54, 1.807) is 7.11 Å². The highest BCUT2D eigenvalue weighted by atomic mass is 79.9. The molecule has 0 saturated carbocycles. The van der Waals surface area contributed by atoms with Gasteiger partial charge < -0.3 is 19.0 Å². The Morgan fingerprint density at radius 1 is 1.18 bits per heavy atom. The summed E-state index contributed by atoms with van der Waals surface area (Å²) in [6, 6.07) is 5.99. The van der Waals surface area contributed by atoms with Crippen molar-refractivity contribution in [3.05, 3.63) is 34.7 Å². The van der Waals surface area contributed by atoms with Gasteiger partial charge in [-0.05, 0) is 78.4 Å². The number of benzene rings is 1. The highest BCUT2D eigenvalue weighted by Gasteiger charge is 2.37. The third-order valence-corrected chi connectivity index (χ3v) is 13.3. The summed E-state index contributed by atoms with van der Waals surface area (Å²) in [7, 11) is -0.274. The van der Waals surface area contributed by atoms with Gasteiger partial charge in [0.15, 0.2) is 14.5 Å². The van der Waals surface area contributed by atoms with E-state index >= 15 is 0 Å². The Labute approximate surface area is 245 Å². The SMILES string of the molecule is COc1cc(-c2nn(C3CCCCO3)c3cnc(Br)cc23)cc2c(CO)nn([C@@H](C)CO[Si](C)(C)C(C)(C)C)c12. The number of aromatic nitrogens is 5. The number of fused-ring (bicyclic) bond motifs is 2. The van der Waals surface area contributed by atoms with E-state index in [2.05, 4.69) is 67.8 Å². The van der Waals surface area contributed by atoms with E-state index in [0.29, 0.717) is 18.1 Å². The van der Waals surface area contributed by atoms with Crippen LogP contribution < -0.4 is 4.74 Å². The lowest BCUT2D eigenvalue weighted by atomic mass is 10.0. The number of methoxy groups -OCH3 is 1. The molecule has 0 bridgehead atoms. The van der Waals surface area contributed by atoms with E-state index < -0.39 is 8.32 Å². The Balaban J connectivity index is 1.61. The summed E-state index contributed by atoms with van der Waals surface area (Å²) in [5.41, 5.74) is 4.03. The van der Waals surface area contributed by atoms with Crippen LogP contribution in [0.15, 0.2) is 29.0 Å². The third kappa shape index (κ3) is 5.34. The lowest BCUT2D eigenvalue weighted by molar-refractivity contribution is -0.0365. The van der Waals surface area contributed by atoms with Crippen LogP contribution in [0.4, 0.5) is 0 Å². The predicted molar refractivity (Wildman–Crippen MR) is 163 cm³/mol. The Morgan fingerprint density at radius 3 is 2.60 bits per heavy atom. The smallest absolute Gasteiger partial charge is 0.192 e. The molecule has 1 aromatic carbocycles. The first kappa shape index (κ1) is 29.2. The first-order valence-corrected chi connectivity index (χ1v) is 17.6. The molecule has 0 aliphatic carbocycles. The minimum atomic E-state index is -1.94. The topological polar surface area (TPSA) is 96.5 Å². The van der Waals surface area contributed by atoms with Crippen molar-refractivity contribution in [2.24, 2.45) is 0 Å². The quantitative estimate of drug-likeness (QED) is 0.166. The fraction of sp³-hybridized carbons (Fsp3) is 0.552. The Hall–Kier alpha value is -2.31. The van der Waals surface area contributed by atoms with E-state index in [4.69, 9.17) is 24.1 Å². The number of aliphatic hydroxyl groups excluding tert-OH is 1. The zero-order valence-electron chi connectivity index (χ0n) is 24.5. The van der Waals surface area contributed by atoms with Crippen LogP contribution in [0.3, 0.4) is 0 Å². The van der Waals surface area contributed by atoms with Crippen LogP contribution in [0.2, 0.25) is 18.1 Å². The van der Waals surface area contributed by atoms with Gasteiger partial charge in [0.05, 0.1) is 43.8 Å². The molecule has 2 atom stereocenters. The molecule has 3 aromatic heterocycles. The molecule has 5 rings (SSSR count). The summed E-state index contributed by atoms with van der Waals surface area (Å²) in [6.07, 6.45) is 4.78. The van der Waals surface area contributed by atoms with Crippen molar-refractivity contribution in [2.45, 2.75) is 84.0 Å². The first-order valence-electron chi connectivity index (χ1n) is 13.9. The molecule has 1 aliphatic rings. The minimum absolute atomic E-state index is 0.0535. The number of hydrogen-bond donors (Lipinski definition) is 1. The molecule has 1 saturated heterocycles. The molecule has 11 heteroatoms. The summed E-state index contributed by atoms with van der Waals surface area (Å²) < 4.78 is 23.2. The summed E-state index contributed by atoms with van der Waals surface area (Å²) in [4.78, 5) is 4.47. The van der Waals surface area contributed by atoms with Gasteiger partial charge in [0.25, 0.3) is 0 Å². The number of rotatable bonds is 8. The standard InChI is InChI=1S/C29H40BrN5O4Si/c1-18(17-39-40(6,7)29(2,3)4)34-28-20(22(16-36)32-34)12-19(13-24(28)37-5)27-21-14-25(30)31-15-23(21)35(33-27)26-10-8-9-11-38-26/h12-15,18,26,36H,8-11,16-17H2,1-7H3/t18-,26?/m0/s1. The van der Waals surface area contributed by atoms with E-state index in [1.807, 2.05) is 27.7 Å². The second kappa shape index (κ2) is 11.2. The molecule has 216 valence electrons. The third-order valence-electron chi connectivity index (χ3n) is 8.38. The predicted octanol–water partition coefficient (Wildman–Crippen LogP) is 6.99. The summed E-state index contributed by atoms with van der Waals surface area (Å²) >= 11 is 3.54. The molecule has 0 spiro atoms. The van der Waals surface area contributed by atoms with E-state index in [1.165, 1.54) is 0 Å². The van der Waals surface area contributed by atoms with Crippen molar-refractivity contribution < 1.29 is 19.0 Å². The van der Waals surface area contributed by atoms with Crippen molar-refractivity contribution in [3.8, 4) is 17.0 Å². The molecule has 1 unspecified atom stereocenters. The van der Waals surface area contributed by atoms with Crippen LogP contribution in [0.25, 0.3) is 33.1 Å². The summed E-state index contributed by atoms with van der Waals surface area (Å²) in [6.45, 7) is 14.4. The highest BCUT2D eigenvalue weighted by Crippen LogP contribution is 2.40. The molecule has 1 fully saturated rings. The maximum Gasteiger partial charge on any atom is 0.192 e. The summed E-state index contributed by atoms with van der Waals surface area (Å²) in [5, 5.41) is 22.1.